The minimum Gasteiger partial charge on any atom is -0.467 e. The molecule has 2 aromatic rings. The molecule has 0 amide bonds. The van der Waals surface area contributed by atoms with Crippen molar-refractivity contribution in [3.63, 3.8) is 0 Å². The Labute approximate surface area is 162 Å². The number of aromatic nitrogens is 2. The van der Waals surface area contributed by atoms with Crippen molar-refractivity contribution in [3.05, 3.63) is 41.7 Å². The molecule has 0 unspecified atom stereocenters. The summed E-state index contributed by atoms with van der Waals surface area (Å²) in [5.41, 5.74) is 0. The predicted molar refractivity (Wildman–Crippen MR) is 102 cm³/mol. The van der Waals surface area contributed by atoms with E-state index in [4.69, 9.17) is 16.3 Å². The lowest BCUT2D eigenvalue weighted by Gasteiger charge is -2.23. The molecule has 1 aliphatic heterocycles. The third kappa shape index (κ3) is 3.70. The van der Waals surface area contributed by atoms with Crippen molar-refractivity contribution in [1.82, 2.24) is 9.97 Å². The quantitative estimate of drug-likeness (QED) is 0.744. The lowest BCUT2D eigenvalue weighted by Crippen LogP contribution is -2.37. The molecule has 144 valence electrons. The first-order valence-electron chi connectivity index (χ1n) is 8.21. The highest BCUT2D eigenvalue weighted by Crippen LogP contribution is 2.34. The standard InChI is InChI=1S/C17H19ClN4O4S/c1-19-15-8-20-9-16(21-15)22-10-11(7-13(22)17(23)26-2)27(24,25)14-6-4-3-5-12(14)18/h3-6,8-9,11,13H,7,10H2,1-2H3,(H,19,21)/t11-,13-/m0/s1. The average molecular weight is 411 g/mol. The van der Waals surface area contributed by atoms with E-state index in [0.717, 1.165) is 0 Å². The fourth-order valence-corrected chi connectivity index (χ4v) is 5.32. The van der Waals surface area contributed by atoms with Gasteiger partial charge in [-0.05, 0) is 18.6 Å². The maximum atomic E-state index is 13.1. The smallest absolute Gasteiger partial charge is 0.328 e. The Balaban J connectivity index is 1.98. The number of esters is 1. The molecular formula is C17H19ClN4O4S. The SMILES string of the molecule is CNc1cncc(N2C[C@@H](S(=O)(=O)c3ccccc3Cl)C[C@H]2C(=O)OC)n1. The van der Waals surface area contributed by atoms with Crippen LogP contribution in [0.15, 0.2) is 41.6 Å². The summed E-state index contributed by atoms with van der Waals surface area (Å²) in [6.45, 7) is 0.0785. The minimum atomic E-state index is -3.75. The number of carbonyl (C=O) groups is 1. The van der Waals surface area contributed by atoms with E-state index in [2.05, 4.69) is 15.3 Å². The molecule has 0 spiro atoms. The molecule has 0 saturated carbocycles. The minimum absolute atomic E-state index is 0.0530. The zero-order valence-corrected chi connectivity index (χ0v) is 16.4. The summed E-state index contributed by atoms with van der Waals surface area (Å²) in [4.78, 5) is 22.4. The number of nitrogens with one attached hydrogen (secondary N) is 1. The van der Waals surface area contributed by atoms with Crippen molar-refractivity contribution >= 4 is 39.0 Å². The second kappa shape index (κ2) is 7.69. The number of methoxy groups -OCH3 is 1. The predicted octanol–water partition coefficient (Wildman–Crippen LogP) is 1.77. The summed E-state index contributed by atoms with van der Waals surface area (Å²) in [7, 11) is -0.781. The monoisotopic (exact) mass is 410 g/mol. The van der Waals surface area contributed by atoms with E-state index in [9.17, 15) is 13.2 Å². The molecule has 0 radical (unpaired) electrons. The van der Waals surface area contributed by atoms with Crippen molar-refractivity contribution in [2.45, 2.75) is 22.6 Å². The molecule has 2 heterocycles. The average Bonchev–Trinajstić information content (AvgIpc) is 3.14. The Hall–Kier alpha value is -2.39. The number of nitrogens with zero attached hydrogens (tertiary/aromatic N) is 3. The van der Waals surface area contributed by atoms with Crippen LogP contribution in [0.25, 0.3) is 0 Å². The van der Waals surface area contributed by atoms with E-state index in [0.29, 0.717) is 11.6 Å². The molecule has 2 atom stereocenters. The Morgan fingerprint density at radius 3 is 2.74 bits per heavy atom. The van der Waals surface area contributed by atoms with E-state index in [-0.39, 0.29) is 22.9 Å². The van der Waals surface area contributed by atoms with E-state index in [1.807, 2.05) is 0 Å². The number of rotatable bonds is 5. The van der Waals surface area contributed by atoms with Gasteiger partial charge in [-0.15, -0.1) is 0 Å². The first-order valence-corrected chi connectivity index (χ1v) is 10.1. The van der Waals surface area contributed by atoms with Crippen LogP contribution in [0.2, 0.25) is 5.02 Å². The van der Waals surface area contributed by atoms with Crippen molar-refractivity contribution in [1.29, 1.82) is 0 Å². The van der Waals surface area contributed by atoms with Crippen LogP contribution in [0, 0.1) is 0 Å². The van der Waals surface area contributed by atoms with E-state index < -0.39 is 27.1 Å². The van der Waals surface area contributed by atoms with Gasteiger partial charge >= 0.3 is 5.97 Å². The molecule has 8 nitrogen and oxygen atoms in total. The Morgan fingerprint density at radius 1 is 1.33 bits per heavy atom. The number of halogens is 1. The highest BCUT2D eigenvalue weighted by atomic mass is 35.5. The molecule has 0 bridgehead atoms. The summed E-state index contributed by atoms with van der Waals surface area (Å²) < 4.78 is 31.1. The molecular weight excluding hydrogens is 392 g/mol. The summed E-state index contributed by atoms with van der Waals surface area (Å²) in [6.07, 6.45) is 3.09. The van der Waals surface area contributed by atoms with Gasteiger partial charge in [0.2, 0.25) is 0 Å². The second-order valence-electron chi connectivity index (χ2n) is 6.04. The highest BCUT2D eigenvalue weighted by Gasteiger charge is 2.45. The van der Waals surface area contributed by atoms with Crippen LogP contribution in [0.5, 0.6) is 0 Å². The van der Waals surface area contributed by atoms with Gasteiger partial charge in [-0.3, -0.25) is 4.98 Å². The van der Waals surface area contributed by atoms with Crippen molar-refractivity contribution in [2.24, 2.45) is 0 Å². The molecule has 1 aromatic heterocycles. The number of sulfone groups is 1. The van der Waals surface area contributed by atoms with Crippen molar-refractivity contribution in [3.8, 4) is 0 Å². The van der Waals surface area contributed by atoms with Gasteiger partial charge in [0.1, 0.15) is 17.7 Å². The maximum Gasteiger partial charge on any atom is 0.328 e. The normalized spacial score (nSPS) is 19.7. The van der Waals surface area contributed by atoms with Crippen molar-refractivity contribution < 1.29 is 17.9 Å². The fourth-order valence-electron chi connectivity index (χ4n) is 3.10. The van der Waals surface area contributed by atoms with Gasteiger partial charge in [-0.25, -0.2) is 18.2 Å². The van der Waals surface area contributed by atoms with Crippen LogP contribution in [0.3, 0.4) is 0 Å². The largest absolute Gasteiger partial charge is 0.467 e. The topological polar surface area (TPSA) is 101 Å². The molecule has 27 heavy (non-hydrogen) atoms. The summed E-state index contributed by atoms with van der Waals surface area (Å²) in [5, 5.41) is 2.19. The molecule has 1 fully saturated rings. The molecule has 0 aliphatic carbocycles. The molecule has 1 saturated heterocycles. The van der Waals surface area contributed by atoms with Crippen molar-refractivity contribution in [2.75, 3.05) is 30.9 Å². The number of benzene rings is 1. The summed E-state index contributed by atoms with van der Waals surface area (Å²) >= 11 is 6.09. The zero-order valence-electron chi connectivity index (χ0n) is 14.8. The number of anilines is 2. The van der Waals surface area contributed by atoms with Crippen LogP contribution >= 0.6 is 11.6 Å². The van der Waals surface area contributed by atoms with Crippen LogP contribution < -0.4 is 10.2 Å². The van der Waals surface area contributed by atoms with Crippen LogP contribution in [0.4, 0.5) is 11.6 Å². The molecule has 1 aromatic carbocycles. The second-order valence-corrected chi connectivity index (χ2v) is 8.64. The van der Waals surface area contributed by atoms with E-state index in [1.165, 1.54) is 31.6 Å². The van der Waals surface area contributed by atoms with Gasteiger partial charge in [0.25, 0.3) is 0 Å². The maximum absolute atomic E-state index is 13.1. The van der Waals surface area contributed by atoms with Crippen LogP contribution in [0.1, 0.15) is 6.42 Å². The highest BCUT2D eigenvalue weighted by molar-refractivity contribution is 7.92. The number of hydrogen-bond acceptors (Lipinski definition) is 8. The fraction of sp³-hybridized carbons (Fsp3) is 0.353. The number of hydrogen-bond donors (Lipinski definition) is 1. The Bertz CT molecular complexity index is 953. The Kier molecular flexibility index (Phi) is 5.52. The third-order valence-corrected chi connectivity index (χ3v) is 7.12. The lowest BCUT2D eigenvalue weighted by molar-refractivity contribution is -0.141. The Morgan fingerprint density at radius 2 is 2.07 bits per heavy atom. The lowest BCUT2D eigenvalue weighted by atomic mass is 10.2. The van der Waals surface area contributed by atoms with Crippen LogP contribution in [-0.4, -0.2) is 56.3 Å². The molecule has 3 rings (SSSR count). The zero-order chi connectivity index (χ0) is 19.6. The number of carbonyl (C=O) groups excluding carboxylic acids is 1. The molecule has 10 heteroatoms. The summed E-state index contributed by atoms with van der Waals surface area (Å²) in [6, 6.07) is 5.50. The first-order chi connectivity index (χ1) is 12.9. The van der Waals surface area contributed by atoms with E-state index >= 15 is 0 Å². The molecule has 1 N–H and O–H groups in total. The van der Waals surface area contributed by atoms with Gasteiger partial charge in [0.05, 0.1) is 34.7 Å². The van der Waals surface area contributed by atoms with Gasteiger partial charge in [-0.2, -0.15) is 0 Å². The summed E-state index contributed by atoms with van der Waals surface area (Å²) in [5.74, 6) is 0.381. The third-order valence-electron chi connectivity index (χ3n) is 4.49. The van der Waals surface area contributed by atoms with Gasteiger partial charge in [-0.1, -0.05) is 23.7 Å². The van der Waals surface area contributed by atoms with Crippen LogP contribution in [-0.2, 0) is 19.4 Å². The first kappa shape index (κ1) is 19.4. The number of ether oxygens (including phenoxy) is 1. The molecule has 1 aliphatic rings. The van der Waals surface area contributed by atoms with Gasteiger partial charge in [0, 0.05) is 13.6 Å². The van der Waals surface area contributed by atoms with E-state index in [1.54, 1.807) is 24.1 Å². The van der Waals surface area contributed by atoms with Gasteiger partial charge < -0.3 is 15.0 Å². The van der Waals surface area contributed by atoms with Gasteiger partial charge in [0.15, 0.2) is 9.84 Å².